The molecule has 0 radical (unpaired) electrons. The molecule has 1 aliphatic heterocycles. The number of benzene rings is 3. The van der Waals surface area contributed by atoms with Crippen LogP contribution in [-0.4, -0.2) is 67.1 Å². The maximum absolute atomic E-state index is 13.6. The van der Waals surface area contributed by atoms with Crippen molar-refractivity contribution in [2.24, 2.45) is 0 Å². The standard InChI is InChI=1S/C35H42N4O3/c1-42-26-35(38-33(40)17-16-27-10-4-2-5-11-27)19-22-39(23-20-35)25-31(28-12-6-3-7-13-28)34(41)36-21-18-29-24-37-32-15-9-8-14-30(29)32/h2-15,24,31,37H,16-23,25-26H2,1H3,(H,36,41)(H,38,40). The van der Waals surface area contributed by atoms with Gasteiger partial charge in [-0.1, -0.05) is 78.9 Å². The summed E-state index contributed by atoms with van der Waals surface area (Å²) in [4.78, 5) is 32.1. The van der Waals surface area contributed by atoms with Gasteiger partial charge >= 0.3 is 0 Å². The molecular formula is C35H42N4O3. The van der Waals surface area contributed by atoms with Gasteiger partial charge in [-0.3, -0.25) is 9.59 Å². The lowest BCUT2D eigenvalue weighted by molar-refractivity contribution is -0.124. The molecule has 3 aromatic carbocycles. The smallest absolute Gasteiger partial charge is 0.228 e. The van der Waals surface area contributed by atoms with Crippen LogP contribution in [0.15, 0.2) is 91.1 Å². The van der Waals surface area contributed by atoms with E-state index in [1.807, 2.05) is 66.9 Å². The minimum absolute atomic E-state index is 0.0454. The van der Waals surface area contributed by atoms with Crippen molar-refractivity contribution >= 4 is 22.7 Å². The summed E-state index contributed by atoms with van der Waals surface area (Å²) in [5, 5.41) is 7.72. The van der Waals surface area contributed by atoms with Crippen LogP contribution in [0.2, 0.25) is 0 Å². The third kappa shape index (κ3) is 7.66. The molecule has 220 valence electrons. The molecule has 2 amide bonds. The van der Waals surface area contributed by atoms with E-state index < -0.39 is 0 Å². The largest absolute Gasteiger partial charge is 0.382 e. The first-order valence-corrected chi connectivity index (χ1v) is 15.0. The van der Waals surface area contributed by atoms with Crippen molar-refractivity contribution in [3.8, 4) is 0 Å². The normalized spacial score (nSPS) is 15.7. The Morgan fingerprint density at radius 3 is 2.36 bits per heavy atom. The number of aromatic amines is 1. The highest BCUT2D eigenvalue weighted by Gasteiger charge is 2.37. The van der Waals surface area contributed by atoms with Crippen LogP contribution < -0.4 is 10.6 Å². The van der Waals surface area contributed by atoms with Crippen molar-refractivity contribution in [3.63, 3.8) is 0 Å². The number of ether oxygens (including phenoxy) is 1. The number of fused-ring (bicyclic) bond motifs is 1. The molecule has 0 saturated carbocycles. The number of piperidine rings is 1. The van der Waals surface area contributed by atoms with E-state index in [2.05, 4.69) is 44.8 Å². The molecule has 7 nitrogen and oxygen atoms in total. The summed E-state index contributed by atoms with van der Waals surface area (Å²) < 4.78 is 5.57. The molecule has 3 N–H and O–H groups in total. The Labute approximate surface area is 248 Å². The second kappa shape index (κ2) is 14.3. The van der Waals surface area contributed by atoms with E-state index in [0.717, 1.165) is 55.4 Å². The van der Waals surface area contributed by atoms with Crippen LogP contribution in [0.25, 0.3) is 10.9 Å². The summed E-state index contributed by atoms with van der Waals surface area (Å²) in [5.74, 6) is -0.172. The van der Waals surface area contributed by atoms with Gasteiger partial charge in [0.05, 0.1) is 18.1 Å². The first-order valence-electron chi connectivity index (χ1n) is 15.0. The fraction of sp³-hybridized carbons (Fsp3) is 0.371. The molecule has 0 bridgehead atoms. The Kier molecular flexibility index (Phi) is 10.1. The third-order valence-corrected chi connectivity index (χ3v) is 8.45. The predicted octanol–water partition coefficient (Wildman–Crippen LogP) is 4.84. The number of carbonyl (C=O) groups excluding carboxylic acids is 2. The summed E-state index contributed by atoms with van der Waals surface area (Å²) in [6.07, 6.45) is 5.53. The predicted molar refractivity (Wildman–Crippen MR) is 167 cm³/mol. The fourth-order valence-corrected chi connectivity index (χ4v) is 6.07. The summed E-state index contributed by atoms with van der Waals surface area (Å²) in [7, 11) is 1.69. The van der Waals surface area contributed by atoms with E-state index in [4.69, 9.17) is 4.74 Å². The molecule has 1 aromatic heterocycles. The lowest BCUT2D eigenvalue weighted by Crippen LogP contribution is -2.58. The second-order valence-corrected chi connectivity index (χ2v) is 11.4. The number of aromatic nitrogens is 1. The van der Waals surface area contributed by atoms with Gasteiger partial charge in [0, 0.05) is 56.8 Å². The van der Waals surface area contributed by atoms with E-state index >= 15 is 0 Å². The number of methoxy groups -OCH3 is 1. The zero-order chi connectivity index (χ0) is 29.2. The highest BCUT2D eigenvalue weighted by atomic mass is 16.5. The molecular weight excluding hydrogens is 524 g/mol. The lowest BCUT2D eigenvalue weighted by atomic mass is 9.86. The lowest BCUT2D eigenvalue weighted by Gasteiger charge is -2.42. The first-order chi connectivity index (χ1) is 20.5. The van der Waals surface area contributed by atoms with Crippen LogP contribution in [0.1, 0.15) is 41.9 Å². The number of nitrogens with zero attached hydrogens (tertiary/aromatic N) is 1. The average Bonchev–Trinajstić information content (AvgIpc) is 3.44. The molecule has 1 aliphatic rings. The summed E-state index contributed by atoms with van der Waals surface area (Å²) in [6.45, 7) is 3.26. The molecule has 2 heterocycles. The van der Waals surface area contributed by atoms with E-state index in [-0.39, 0.29) is 23.3 Å². The molecule has 0 aliphatic carbocycles. The first kappa shape index (κ1) is 29.5. The topological polar surface area (TPSA) is 86.5 Å². The number of rotatable bonds is 13. The molecule has 1 fully saturated rings. The van der Waals surface area contributed by atoms with Crippen molar-refractivity contribution in [3.05, 3.63) is 108 Å². The maximum Gasteiger partial charge on any atom is 0.228 e. The summed E-state index contributed by atoms with van der Waals surface area (Å²) in [5.41, 5.74) is 4.12. The number of hydrogen-bond acceptors (Lipinski definition) is 4. The maximum atomic E-state index is 13.6. The average molecular weight is 567 g/mol. The third-order valence-electron chi connectivity index (χ3n) is 8.45. The Bertz CT molecular complexity index is 1430. The van der Waals surface area contributed by atoms with Crippen LogP contribution in [0, 0.1) is 0 Å². The van der Waals surface area contributed by atoms with Crippen molar-refractivity contribution in [2.75, 3.05) is 39.9 Å². The van der Waals surface area contributed by atoms with Crippen molar-refractivity contribution in [1.82, 2.24) is 20.5 Å². The number of aryl methyl sites for hydroxylation is 1. The van der Waals surface area contributed by atoms with Crippen molar-refractivity contribution in [1.29, 1.82) is 0 Å². The van der Waals surface area contributed by atoms with Crippen LogP contribution in [-0.2, 0) is 27.2 Å². The Balaban J connectivity index is 1.17. The molecule has 5 rings (SSSR count). The summed E-state index contributed by atoms with van der Waals surface area (Å²) >= 11 is 0. The van der Waals surface area contributed by atoms with E-state index in [1.54, 1.807) is 7.11 Å². The number of hydrogen-bond donors (Lipinski definition) is 3. The fourth-order valence-electron chi connectivity index (χ4n) is 6.07. The number of carbonyl (C=O) groups is 2. The quantitative estimate of drug-likeness (QED) is 0.216. The van der Waals surface area contributed by atoms with Crippen LogP contribution in [0.5, 0.6) is 0 Å². The number of amides is 2. The second-order valence-electron chi connectivity index (χ2n) is 11.4. The minimum atomic E-state index is -0.386. The molecule has 4 aromatic rings. The van der Waals surface area contributed by atoms with Gasteiger partial charge in [-0.2, -0.15) is 0 Å². The zero-order valence-electron chi connectivity index (χ0n) is 24.5. The van der Waals surface area contributed by atoms with Gasteiger partial charge in [0.15, 0.2) is 0 Å². The van der Waals surface area contributed by atoms with Crippen molar-refractivity contribution in [2.45, 2.75) is 43.6 Å². The Morgan fingerprint density at radius 1 is 0.929 bits per heavy atom. The molecule has 1 atom stereocenters. The van der Waals surface area contributed by atoms with Gasteiger partial charge in [0.25, 0.3) is 0 Å². The van der Waals surface area contributed by atoms with Gasteiger partial charge in [-0.25, -0.2) is 0 Å². The molecule has 1 saturated heterocycles. The van der Waals surface area contributed by atoms with Crippen LogP contribution in [0.3, 0.4) is 0 Å². The van der Waals surface area contributed by atoms with Gasteiger partial charge in [0.2, 0.25) is 11.8 Å². The highest BCUT2D eigenvalue weighted by molar-refractivity contribution is 5.85. The number of H-pyrrole nitrogens is 1. The van der Waals surface area contributed by atoms with Crippen LogP contribution >= 0.6 is 0 Å². The minimum Gasteiger partial charge on any atom is -0.382 e. The molecule has 1 unspecified atom stereocenters. The Hall–Kier alpha value is -3.94. The highest BCUT2D eigenvalue weighted by Crippen LogP contribution is 2.26. The van der Waals surface area contributed by atoms with Gasteiger partial charge in [-0.15, -0.1) is 0 Å². The van der Waals surface area contributed by atoms with Gasteiger partial charge < -0.3 is 25.3 Å². The molecule has 0 spiro atoms. The van der Waals surface area contributed by atoms with E-state index in [0.29, 0.717) is 26.1 Å². The van der Waals surface area contributed by atoms with Crippen LogP contribution in [0.4, 0.5) is 0 Å². The number of nitrogens with one attached hydrogen (secondary N) is 3. The van der Waals surface area contributed by atoms with Gasteiger partial charge in [-0.05, 0) is 48.4 Å². The number of likely N-dealkylation sites (tertiary alicyclic amines) is 1. The van der Waals surface area contributed by atoms with E-state index in [1.165, 1.54) is 10.9 Å². The molecule has 7 heteroatoms. The zero-order valence-corrected chi connectivity index (χ0v) is 24.5. The monoisotopic (exact) mass is 566 g/mol. The van der Waals surface area contributed by atoms with E-state index in [9.17, 15) is 9.59 Å². The SMILES string of the molecule is COCC1(NC(=O)CCc2ccccc2)CCN(CC(C(=O)NCCc2c[nH]c3ccccc23)c2ccccc2)CC1. The summed E-state index contributed by atoms with van der Waals surface area (Å²) in [6, 6.07) is 28.4. The van der Waals surface area contributed by atoms with Gasteiger partial charge in [0.1, 0.15) is 0 Å². The number of para-hydroxylation sites is 1. The Morgan fingerprint density at radius 2 is 1.62 bits per heavy atom. The van der Waals surface area contributed by atoms with Crippen molar-refractivity contribution < 1.29 is 14.3 Å². The molecule has 42 heavy (non-hydrogen) atoms.